The van der Waals surface area contributed by atoms with E-state index in [1.165, 1.54) is 0 Å². The second-order valence-corrected chi connectivity index (χ2v) is 6.45. The zero-order valence-electron chi connectivity index (χ0n) is 14.2. The summed E-state index contributed by atoms with van der Waals surface area (Å²) in [6.45, 7) is 7.64. The Hall–Kier alpha value is -2.47. The highest BCUT2D eigenvalue weighted by atomic mass is 16.5. The zero-order chi connectivity index (χ0) is 17.3. The molecular formula is C18H22N4O2. The summed E-state index contributed by atoms with van der Waals surface area (Å²) in [5.41, 5.74) is 2.69. The van der Waals surface area contributed by atoms with Crippen molar-refractivity contribution in [3.63, 3.8) is 0 Å². The predicted molar refractivity (Wildman–Crippen MR) is 93.8 cm³/mol. The Kier molecular flexibility index (Phi) is 4.24. The number of ether oxygens (including phenoxy) is 1. The van der Waals surface area contributed by atoms with Gasteiger partial charge in [-0.05, 0) is 44.4 Å². The fourth-order valence-corrected chi connectivity index (χ4v) is 3.02. The molecule has 2 aromatic rings. The molecule has 0 radical (unpaired) electrons. The molecule has 24 heavy (non-hydrogen) atoms. The Balaban J connectivity index is 1.77. The number of methoxy groups -OCH3 is 1. The Morgan fingerprint density at radius 2 is 2.12 bits per heavy atom. The summed E-state index contributed by atoms with van der Waals surface area (Å²) in [4.78, 5) is 4.47. The number of hydrogen-bond donors (Lipinski definition) is 2. The first-order chi connectivity index (χ1) is 11.4. The average molecular weight is 326 g/mol. The van der Waals surface area contributed by atoms with Gasteiger partial charge in [0.1, 0.15) is 11.4 Å². The van der Waals surface area contributed by atoms with Crippen LogP contribution in [-0.2, 0) is 4.74 Å². The van der Waals surface area contributed by atoms with E-state index in [0.29, 0.717) is 28.9 Å². The summed E-state index contributed by atoms with van der Waals surface area (Å²) in [6.07, 6.45) is 3.51. The minimum atomic E-state index is -0.0568. The third kappa shape index (κ3) is 3.10. The van der Waals surface area contributed by atoms with Crippen LogP contribution in [0.2, 0.25) is 0 Å². The zero-order valence-corrected chi connectivity index (χ0v) is 14.2. The second kappa shape index (κ2) is 6.20. The van der Waals surface area contributed by atoms with E-state index in [-0.39, 0.29) is 11.4 Å². The number of nitrogens with zero attached hydrogens (tertiary/aromatic N) is 3. The molecule has 126 valence electrons. The molecule has 1 heterocycles. The molecule has 1 aliphatic rings. The van der Waals surface area contributed by atoms with Gasteiger partial charge < -0.3 is 15.2 Å². The SMILES string of the molecule is C=Cc1ccc(-c2nnc(NC3CC(C)(OC)C3)nc2C)c(O)c1. The number of aromatic hydroxyl groups is 1. The molecule has 0 spiro atoms. The Morgan fingerprint density at radius 3 is 2.71 bits per heavy atom. The molecule has 3 rings (SSSR count). The molecule has 1 aliphatic carbocycles. The van der Waals surface area contributed by atoms with E-state index in [4.69, 9.17) is 4.74 Å². The van der Waals surface area contributed by atoms with Gasteiger partial charge in [0.25, 0.3) is 0 Å². The quantitative estimate of drug-likeness (QED) is 0.878. The van der Waals surface area contributed by atoms with Crippen molar-refractivity contribution in [3.05, 3.63) is 36.0 Å². The third-order valence-electron chi connectivity index (χ3n) is 4.56. The molecule has 0 amide bonds. The first-order valence-corrected chi connectivity index (χ1v) is 7.93. The average Bonchev–Trinajstić information content (AvgIpc) is 2.54. The first kappa shape index (κ1) is 16.4. The van der Waals surface area contributed by atoms with Gasteiger partial charge in [0.15, 0.2) is 0 Å². The van der Waals surface area contributed by atoms with Crippen LogP contribution in [0.15, 0.2) is 24.8 Å². The molecule has 0 aliphatic heterocycles. The number of phenolic OH excluding ortho intramolecular Hbond substituents is 1. The van der Waals surface area contributed by atoms with Gasteiger partial charge >= 0.3 is 0 Å². The maximum Gasteiger partial charge on any atom is 0.243 e. The molecule has 6 heteroatoms. The molecule has 2 N–H and O–H groups in total. The number of aryl methyl sites for hydroxylation is 1. The fourth-order valence-electron chi connectivity index (χ4n) is 3.02. The Bertz CT molecular complexity index is 770. The maximum absolute atomic E-state index is 10.2. The second-order valence-electron chi connectivity index (χ2n) is 6.45. The van der Waals surface area contributed by atoms with Crippen LogP contribution in [0, 0.1) is 6.92 Å². The smallest absolute Gasteiger partial charge is 0.243 e. The lowest BCUT2D eigenvalue weighted by molar-refractivity contribution is -0.0626. The van der Waals surface area contributed by atoms with Crippen LogP contribution in [-0.4, -0.2) is 39.0 Å². The van der Waals surface area contributed by atoms with Crippen LogP contribution >= 0.6 is 0 Å². The predicted octanol–water partition coefficient (Wildman–Crippen LogP) is 3.18. The van der Waals surface area contributed by atoms with E-state index < -0.39 is 0 Å². The number of phenols is 1. The summed E-state index contributed by atoms with van der Waals surface area (Å²) in [5, 5.41) is 21.8. The number of rotatable bonds is 5. The Labute approximate surface area is 141 Å². The highest BCUT2D eigenvalue weighted by Crippen LogP contribution is 2.36. The molecule has 0 bridgehead atoms. The van der Waals surface area contributed by atoms with Gasteiger partial charge in [0.2, 0.25) is 5.95 Å². The van der Waals surface area contributed by atoms with Crippen LogP contribution in [0.3, 0.4) is 0 Å². The number of anilines is 1. The van der Waals surface area contributed by atoms with Crippen molar-refractivity contribution in [1.29, 1.82) is 0 Å². The lowest BCUT2D eigenvalue weighted by Crippen LogP contribution is -2.50. The summed E-state index contributed by atoms with van der Waals surface area (Å²) < 4.78 is 5.44. The van der Waals surface area contributed by atoms with Crippen molar-refractivity contribution < 1.29 is 9.84 Å². The molecule has 1 aromatic carbocycles. The molecule has 6 nitrogen and oxygen atoms in total. The topological polar surface area (TPSA) is 80.2 Å². The highest BCUT2D eigenvalue weighted by Gasteiger charge is 2.40. The van der Waals surface area contributed by atoms with Crippen molar-refractivity contribution in [3.8, 4) is 17.0 Å². The van der Waals surface area contributed by atoms with Gasteiger partial charge in [-0.2, -0.15) is 0 Å². The molecule has 1 fully saturated rings. The van der Waals surface area contributed by atoms with E-state index in [0.717, 1.165) is 18.4 Å². The van der Waals surface area contributed by atoms with Gasteiger partial charge in [-0.3, -0.25) is 0 Å². The molecule has 1 aromatic heterocycles. The van der Waals surface area contributed by atoms with Crippen LogP contribution in [0.5, 0.6) is 5.75 Å². The van der Waals surface area contributed by atoms with E-state index in [1.807, 2.05) is 13.0 Å². The van der Waals surface area contributed by atoms with Crippen molar-refractivity contribution >= 4 is 12.0 Å². The molecule has 0 saturated heterocycles. The summed E-state index contributed by atoms with van der Waals surface area (Å²) in [6, 6.07) is 5.61. The number of aromatic nitrogens is 3. The van der Waals surface area contributed by atoms with Gasteiger partial charge in [0.05, 0.1) is 11.3 Å². The van der Waals surface area contributed by atoms with Crippen LogP contribution in [0.1, 0.15) is 31.0 Å². The standard InChI is InChI=1S/C18H22N4O2/c1-5-12-6-7-14(15(23)8-12)16-11(2)19-17(22-21-16)20-13-9-18(3,10-13)24-4/h5-8,13,23H,1,9-10H2,2-4H3,(H,19,20,22). The van der Waals surface area contributed by atoms with Gasteiger partial charge in [0, 0.05) is 18.7 Å². The van der Waals surface area contributed by atoms with E-state index in [1.54, 1.807) is 25.3 Å². The van der Waals surface area contributed by atoms with Crippen LogP contribution < -0.4 is 5.32 Å². The number of benzene rings is 1. The van der Waals surface area contributed by atoms with E-state index >= 15 is 0 Å². The minimum Gasteiger partial charge on any atom is -0.507 e. The van der Waals surface area contributed by atoms with Gasteiger partial charge in [-0.25, -0.2) is 4.98 Å². The normalized spacial score (nSPS) is 22.7. The summed E-state index contributed by atoms with van der Waals surface area (Å²) in [5.74, 6) is 0.642. The van der Waals surface area contributed by atoms with E-state index in [2.05, 4.69) is 34.0 Å². The molecular weight excluding hydrogens is 304 g/mol. The van der Waals surface area contributed by atoms with Gasteiger partial charge in [-0.1, -0.05) is 18.7 Å². The fraction of sp³-hybridized carbons (Fsp3) is 0.389. The van der Waals surface area contributed by atoms with Crippen molar-refractivity contribution in [2.24, 2.45) is 0 Å². The molecule has 1 saturated carbocycles. The van der Waals surface area contributed by atoms with Crippen molar-refractivity contribution in [1.82, 2.24) is 15.2 Å². The van der Waals surface area contributed by atoms with Crippen LogP contribution in [0.25, 0.3) is 17.3 Å². The molecule has 0 unspecified atom stereocenters. The first-order valence-electron chi connectivity index (χ1n) is 7.93. The minimum absolute atomic E-state index is 0.0568. The lowest BCUT2D eigenvalue weighted by Gasteiger charge is -2.44. The summed E-state index contributed by atoms with van der Waals surface area (Å²) in [7, 11) is 1.73. The van der Waals surface area contributed by atoms with Crippen LogP contribution in [0.4, 0.5) is 5.95 Å². The third-order valence-corrected chi connectivity index (χ3v) is 4.56. The number of nitrogens with one attached hydrogen (secondary N) is 1. The molecule has 0 atom stereocenters. The maximum atomic E-state index is 10.2. The number of hydrogen-bond acceptors (Lipinski definition) is 6. The highest BCUT2D eigenvalue weighted by molar-refractivity contribution is 5.70. The van der Waals surface area contributed by atoms with Crippen molar-refractivity contribution in [2.75, 3.05) is 12.4 Å². The Morgan fingerprint density at radius 1 is 1.38 bits per heavy atom. The van der Waals surface area contributed by atoms with Crippen molar-refractivity contribution in [2.45, 2.75) is 38.3 Å². The lowest BCUT2D eigenvalue weighted by atomic mass is 9.77. The monoisotopic (exact) mass is 326 g/mol. The summed E-state index contributed by atoms with van der Waals surface area (Å²) >= 11 is 0. The van der Waals surface area contributed by atoms with E-state index in [9.17, 15) is 5.11 Å². The largest absolute Gasteiger partial charge is 0.507 e. The van der Waals surface area contributed by atoms with Gasteiger partial charge in [-0.15, -0.1) is 10.2 Å².